The van der Waals surface area contributed by atoms with E-state index in [1.54, 1.807) is 33.8 Å². The van der Waals surface area contributed by atoms with Gasteiger partial charge in [-0.1, -0.05) is 0 Å². The highest BCUT2D eigenvalue weighted by Gasteiger charge is 2.23. The van der Waals surface area contributed by atoms with Gasteiger partial charge in [0.1, 0.15) is 5.60 Å². The SMILES string of the molecule is CCN=C(NC(=O)OC(C)(C)C)Nc1ccc(N(C)C(C)=O)c(CN(C(=O)O)C(=O)O)c1. The first-order chi connectivity index (χ1) is 14.7. The number of hydrogen-bond donors (Lipinski definition) is 4. The summed E-state index contributed by atoms with van der Waals surface area (Å²) in [5, 5.41) is 23.8. The molecule has 12 heteroatoms. The van der Waals surface area contributed by atoms with Crippen molar-refractivity contribution >= 4 is 41.5 Å². The Morgan fingerprint density at radius 1 is 1.12 bits per heavy atom. The third-order valence-corrected chi connectivity index (χ3v) is 3.90. The standard InChI is InChI=1S/C20H29N5O7/c1-7-21-16(23-17(27)32-20(3,4)5)22-14-8-9-15(24(6)12(2)26)13(10-14)11-25(18(28)29)19(30)31/h8-10H,7,11H2,1-6H3,(H,28,29)(H,30,31)(H2,21,22,23,27). The van der Waals surface area contributed by atoms with Crippen LogP contribution in [0.2, 0.25) is 0 Å². The lowest BCUT2D eigenvalue weighted by atomic mass is 10.1. The van der Waals surface area contributed by atoms with Gasteiger partial charge in [-0.2, -0.15) is 0 Å². The minimum Gasteiger partial charge on any atom is -0.465 e. The normalized spacial score (nSPS) is 11.4. The number of rotatable bonds is 5. The lowest BCUT2D eigenvalue weighted by Crippen LogP contribution is -2.40. The van der Waals surface area contributed by atoms with E-state index in [0.29, 0.717) is 17.9 Å². The van der Waals surface area contributed by atoms with E-state index in [-0.39, 0.29) is 22.3 Å². The van der Waals surface area contributed by atoms with E-state index in [0.717, 1.165) is 0 Å². The number of aliphatic imine (C=N–C) groups is 1. The molecule has 0 spiro atoms. The van der Waals surface area contributed by atoms with E-state index in [1.807, 2.05) is 0 Å². The molecule has 0 saturated carbocycles. The van der Waals surface area contributed by atoms with E-state index in [9.17, 15) is 29.4 Å². The third-order valence-electron chi connectivity index (χ3n) is 3.90. The van der Waals surface area contributed by atoms with Gasteiger partial charge >= 0.3 is 18.3 Å². The molecule has 0 aliphatic carbocycles. The molecule has 0 saturated heterocycles. The fourth-order valence-electron chi connectivity index (χ4n) is 2.48. The lowest BCUT2D eigenvalue weighted by molar-refractivity contribution is -0.116. The summed E-state index contributed by atoms with van der Waals surface area (Å²) in [7, 11) is 1.48. The third kappa shape index (κ3) is 8.13. The Hall–Kier alpha value is -3.83. The molecule has 0 unspecified atom stereocenters. The van der Waals surface area contributed by atoms with Crippen molar-refractivity contribution in [3.63, 3.8) is 0 Å². The molecule has 1 aromatic rings. The van der Waals surface area contributed by atoms with Crippen LogP contribution in [0.25, 0.3) is 0 Å². The number of hydrogen-bond acceptors (Lipinski definition) is 6. The maximum atomic E-state index is 12.1. The fraction of sp³-hybridized carbons (Fsp3) is 0.450. The number of carbonyl (C=O) groups excluding carboxylic acids is 2. The number of imide groups is 1. The molecule has 0 fully saturated rings. The Kier molecular flexibility index (Phi) is 8.99. The molecular weight excluding hydrogens is 422 g/mol. The number of nitrogens with one attached hydrogen (secondary N) is 2. The van der Waals surface area contributed by atoms with Crippen LogP contribution in [0.3, 0.4) is 0 Å². The van der Waals surface area contributed by atoms with Crippen molar-refractivity contribution in [2.75, 3.05) is 23.8 Å². The topological polar surface area (TPSA) is 161 Å². The molecule has 0 aliphatic rings. The quantitative estimate of drug-likeness (QED) is 0.392. The maximum absolute atomic E-state index is 12.1. The van der Waals surface area contributed by atoms with Gasteiger partial charge in [0.15, 0.2) is 0 Å². The predicted molar refractivity (Wildman–Crippen MR) is 118 cm³/mol. The monoisotopic (exact) mass is 451 g/mol. The van der Waals surface area contributed by atoms with Gasteiger partial charge in [-0.25, -0.2) is 19.3 Å². The summed E-state index contributed by atoms with van der Waals surface area (Å²) in [6.45, 7) is 8.03. The molecule has 0 aliphatic heterocycles. The number of amides is 4. The molecule has 176 valence electrons. The Labute approximate surface area is 185 Å². The van der Waals surface area contributed by atoms with Gasteiger partial charge in [0.2, 0.25) is 11.9 Å². The van der Waals surface area contributed by atoms with Crippen LogP contribution in [-0.2, 0) is 16.1 Å². The number of guanidine groups is 1. The van der Waals surface area contributed by atoms with Crippen molar-refractivity contribution in [1.82, 2.24) is 10.2 Å². The first kappa shape index (κ1) is 26.2. The molecular formula is C20H29N5O7. The summed E-state index contributed by atoms with van der Waals surface area (Å²) < 4.78 is 5.21. The Morgan fingerprint density at radius 3 is 2.19 bits per heavy atom. The van der Waals surface area contributed by atoms with Gasteiger partial charge in [-0.3, -0.25) is 15.1 Å². The Balaban J connectivity index is 3.28. The van der Waals surface area contributed by atoms with E-state index >= 15 is 0 Å². The van der Waals surface area contributed by atoms with Crippen LogP contribution < -0.4 is 15.5 Å². The van der Waals surface area contributed by atoms with Crippen LogP contribution in [0.15, 0.2) is 23.2 Å². The molecule has 4 amide bonds. The number of alkyl carbamates (subject to hydrolysis) is 1. The van der Waals surface area contributed by atoms with Crippen LogP contribution in [0.5, 0.6) is 0 Å². The van der Waals surface area contributed by atoms with Crippen molar-refractivity contribution in [3.8, 4) is 0 Å². The van der Waals surface area contributed by atoms with Crippen LogP contribution in [0, 0.1) is 0 Å². The van der Waals surface area contributed by atoms with Crippen molar-refractivity contribution in [2.24, 2.45) is 4.99 Å². The molecule has 4 N–H and O–H groups in total. The first-order valence-corrected chi connectivity index (χ1v) is 9.67. The Bertz CT molecular complexity index is 894. The summed E-state index contributed by atoms with van der Waals surface area (Å²) >= 11 is 0. The van der Waals surface area contributed by atoms with Crippen LogP contribution >= 0.6 is 0 Å². The van der Waals surface area contributed by atoms with Crippen molar-refractivity contribution in [1.29, 1.82) is 0 Å². The van der Waals surface area contributed by atoms with Crippen LogP contribution in [0.4, 0.5) is 25.8 Å². The summed E-state index contributed by atoms with van der Waals surface area (Å²) in [5.41, 5.74) is 0.222. The summed E-state index contributed by atoms with van der Waals surface area (Å²) in [6.07, 6.45) is -4.05. The van der Waals surface area contributed by atoms with Gasteiger partial charge in [-0.05, 0) is 51.5 Å². The van der Waals surface area contributed by atoms with E-state index in [1.165, 1.54) is 31.0 Å². The van der Waals surface area contributed by atoms with E-state index in [2.05, 4.69) is 15.6 Å². The smallest absolute Gasteiger partial charge is 0.417 e. The number of nitrogens with zero attached hydrogens (tertiary/aromatic N) is 3. The van der Waals surface area contributed by atoms with Gasteiger partial charge in [0.05, 0.1) is 6.54 Å². The van der Waals surface area contributed by atoms with E-state index < -0.39 is 30.4 Å². The molecule has 0 bridgehead atoms. The highest BCUT2D eigenvalue weighted by atomic mass is 16.6. The maximum Gasteiger partial charge on any atom is 0.417 e. The largest absolute Gasteiger partial charge is 0.465 e. The van der Waals surface area contributed by atoms with Crippen LogP contribution in [-0.4, -0.2) is 64.5 Å². The van der Waals surface area contributed by atoms with Gasteiger partial charge in [0, 0.05) is 31.9 Å². The number of ether oxygens (including phenoxy) is 1. The zero-order valence-corrected chi connectivity index (χ0v) is 18.9. The van der Waals surface area contributed by atoms with Gasteiger partial charge < -0.3 is 25.2 Å². The molecule has 0 radical (unpaired) electrons. The molecule has 0 aromatic heterocycles. The summed E-state index contributed by atoms with van der Waals surface area (Å²) in [5.74, 6) is -0.252. The second kappa shape index (κ2) is 11.0. The van der Waals surface area contributed by atoms with Crippen molar-refractivity contribution in [2.45, 2.75) is 46.8 Å². The van der Waals surface area contributed by atoms with Crippen LogP contribution in [0.1, 0.15) is 40.2 Å². The average Bonchev–Trinajstić information content (AvgIpc) is 2.63. The number of carbonyl (C=O) groups is 4. The average molecular weight is 451 g/mol. The van der Waals surface area contributed by atoms with E-state index in [4.69, 9.17) is 4.74 Å². The molecule has 12 nitrogen and oxygen atoms in total. The Morgan fingerprint density at radius 2 is 1.72 bits per heavy atom. The number of anilines is 2. The zero-order chi connectivity index (χ0) is 24.6. The second-order valence-corrected chi connectivity index (χ2v) is 7.65. The summed E-state index contributed by atoms with van der Waals surface area (Å²) in [4.78, 5) is 52.1. The molecule has 1 rings (SSSR count). The highest BCUT2D eigenvalue weighted by molar-refractivity contribution is 6.02. The second-order valence-electron chi connectivity index (χ2n) is 7.65. The molecule has 1 aromatic carbocycles. The highest BCUT2D eigenvalue weighted by Crippen LogP contribution is 2.26. The predicted octanol–water partition coefficient (Wildman–Crippen LogP) is 3.14. The number of carboxylic acid groups (broad SMARTS) is 2. The first-order valence-electron chi connectivity index (χ1n) is 9.67. The lowest BCUT2D eigenvalue weighted by Gasteiger charge is -2.23. The van der Waals surface area contributed by atoms with Crippen molar-refractivity contribution in [3.05, 3.63) is 23.8 Å². The molecule has 32 heavy (non-hydrogen) atoms. The van der Waals surface area contributed by atoms with Crippen molar-refractivity contribution < 1.29 is 34.1 Å². The minimum absolute atomic E-state index is 0.0775. The summed E-state index contributed by atoms with van der Waals surface area (Å²) in [6, 6.07) is 4.57. The molecule has 0 atom stereocenters. The minimum atomic E-state index is -1.66. The van der Waals surface area contributed by atoms with Gasteiger partial charge in [0.25, 0.3) is 0 Å². The van der Waals surface area contributed by atoms with Gasteiger partial charge in [-0.15, -0.1) is 0 Å². The molecule has 0 heterocycles. The number of benzene rings is 1. The fourth-order valence-corrected chi connectivity index (χ4v) is 2.48. The zero-order valence-electron chi connectivity index (χ0n) is 18.9.